The van der Waals surface area contributed by atoms with Crippen LogP contribution in [0.3, 0.4) is 0 Å². The third-order valence-electron chi connectivity index (χ3n) is 6.13. The number of H-pyrrole nitrogens is 2. The number of rotatable bonds is 7. The predicted octanol–water partition coefficient (Wildman–Crippen LogP) is 0.426. The van der Waals surface area contributed by atoms with Gasteiger partial charge >= 0.3 is 5.69 Å². The zero-order chi connectivity index (χ0) is 22.9. The number of aromatic nitrogens is 6. The van der Waals surface area contributed by atoms with Crippen LogP contribution >= 0.6 is 0 Å². The number of anilines is 1. The van der Waals surface area contributed by atoms with Gasteiger partial charge in [-0.25, -0.2) is 9.79 Å². The van der Waals surface area contributed by atoms with Gasteiger partial charge in [0.2, 0.25) is 11.8 Å². The van der Waals surface area contributed by atoms with E-state index in [0.29, 0.717) is 40.4 Å². The molecule has 3 heterocycles. The molecule has 5 rings (SSSR count). The third kappa shape index (κ3) is 5.08. The zero-order valence-electron chi connectivity index (χ0n) is 19.0. The van der Waals surface area contributed by atoms with Crippen molar-refractivity contribution in [2.24, 2.45) is 10.9 Å². The normalized spacial score (nSPS) is 22.5. The van der Waals surface area contributed by atoms with Crippen molar-refractivity contribution in [3.05, 3.63) is 33.2 Å². The molecule has 3 aromatic heterocycles. The lowest BCUT2D eigenvalue weighted by Crippen LogP contribution is -2.39. The van der Waals surface area contributed by atoms with Crippen LogP contribution in [0, 0.1) is 5.92 Å². The molecule has 0 aromatic carbocycles. The van der Waals surface area contributed by atoms with E-state index in [1.165, 1.54) is 0 Å². The zero-order valence-corrected chi connectivity index (χ0v) is 19.0. The fourth-order valence-corrected chi connectivity index (χ4v) is 4.17. The Morgan fingerprint density at radius 1 is 1.18 bits per heavy atom. The highest BCUT2D eigenvalue weighted by Gasteiger charge is 2.23. The maximum Gasteiger partial charge on any atom is 0.326 e. The lowest BCUT2D eigenvalue weighted by atomic mass is 9.91. The molecule has 0 saturated heterocycles. The fourth-order valence-electron chi connectivity index (χ4n) is 4.17. The van der Waals surface area contributed by atoms with Gasteiger partial charge in [0.15, 0.2) is 5.65 Å². The van der Waals surface area contributed by atoms with E-state index in [2.05, 4.69) is 44.5 Å². The summed E-state index contributed by atoms with van der Waals surface area (Å²) in [7, 11) is 0. The summed E-state index contributed by atoms with van der Waals surface area (Å²) in [6.07, 6.45) is 9.73. The lowest BCUT2D eigenvalue weighted by Gasteiger charge is -2.30. The first-order chi connectivity index (χ1) is 15.9. The monoisotopic (exact) mass is 453 g/mol. The molecule has 0 bridgehead atoms. The molecule has 0 aliphatic heterocycles. The molecule has 2 saturated carbocycles. The summed E-state index contributed by atoms with van der Waals surface area (Å²) < 4.78 is 1.61. The molecule has 2 fully saturated rings. The number of aromatic amines is 2. The van der Waals surface area contributed by atoms with Gasteiger partial charge in [-0.1, -0.05) is 13.8 Å². The highest BCUT2D eigenvalue weighted by molar-refractivity contribution is 5.57. The van der Waals surface area contributed by atoms with Gasteiger partial charge in [-0.2, -0.15) is 19.6 Å². The fraction of sp³-hybridized carbons (Fsp3) is 0.591. The second-order valence-electron chi connectivity index (χ2n) is 9.52. The van der Waals surface area contributed by atoms with Gasteiger partial charge in [0.25, 0.3) is 5.62 Å². The molecule has 5 N–H and O–H groups in total. The van der Waals surface area contributed by atoms with Crippen LogP contribution in [0.4, 0.5) is 5.95 Å². The Morgan fingerprint density at radius 2 is 1.94 bits per heavy atom. The van der Waals surface area contributed by atoms with E-state index in [-0.39, 0.29) is 17.6 Å². The molecular weight excluding hydrogens is 422 g/mol. The van der Waals surface area contributed by atoms with Gasteiger partial charge in [-0.3, -0.25) is 4.98 Å². The molecule has 176 valence electrons. The van der Waals surface area contributed by atoms with Crippen LogP contribution in [0.5, 0.6) is 5.88 Å². The van der Waals surface area contributed by atoms with Crippen LogP contribution in [0.25, 0.3) is 11.7 Å². The predicted molar refractivity (Wildman–Crippen MR) is 124 cm³/mol. The summed E-state index contributed by atoms with van der Waals surface area (Å²) in [5.41, 5.74) is 0.885. The lowest BCUT2D eigenvalue weighted by molar-refractivity contribution is 0.341. The first-order valence-electron chi connectivity index (χ1n) is 11.8. The van der Waals surface area contributed by atoms with E-state index in [4.69, 9.17) is 9.98 Å². The van der Waals surface area contributed by atoms with Crippen molar-refractivity contribution < 1.29 is 5.11 Å². The average Bonchev–Trinajstić information content (AvgIpc) is 3.42. The second-order valence-corrected chi connectivity index (χ2v) is 9.52. The smallest absolute Gasteiger partial charge is 0.326 e. The minimum absolute atomic E-state index is 0.225. The van der Waals surface area contributed by atoms with E-state index in [9.17, 15) is 9.90 Å². The molecule has 0 spiro atoms. The number of hydrogen-bond acceptors (Lipinski definition) is 8. The standard InChI is InChI=1S/C22H31N9O2/c1-12(2)10-23-14-3-5-15(6-4-14)25-20-28-18-13(9-17-19(32)29-22(33)27-17)11-24-31(18)21(30-20)26-16-7-8-16/h9,11-12,14-16,23,32H,3-8,10H2,1-2H3,(H,25,26,30)(H2,27,29,33)/b13-9+. The van der Waals surface area contributed by atoms with Gasteiger partial charge in [-0.05, 0) is 57.1 Å². The van der Waals surface area contributed by atoms with Crippen molar-refractivity contribution in [1.29, 1.82) is 0 Å². The Balaban J connectivity index is 1.42. The number of hydrogen-bond donors (Lipinski definition) is 5. The topological polar surface area (TPSA) is 148 Å². The van der Waals surface area contributed by atoms with Gasteiger partial charge in [0.05, 0.1) is 12.2 Å². The minimum Gasteiger partial charge on any atom is -0.493 e. The van der Waals surface area contributed by atoms with E-state index in [1.807, 2.05) is 0 Å². The molecular formula is C22H31N9O2. The maximum atomic E-state index is 11.5. The van der Waals surface area contributed by atoms with Crippen molar-refractivity contribution in [1.82, 2.24) is 34.9 Å². The van der Waals surface area contributed by atoms with Crippen LogP contribution in [0.15, 0.2) is 16.0 Å². The SMILES string of the molecule is CC(C)CNC1CCC(Nc2nc(=NC3CC3)n3nc/c(=C\c4[nH]c(=O)[nH]c4O)c3n2)CC1. The Hall–Kier alpha value is -3.21. The van der Waals surface area contributed by atoms with Crippen molar-refractivity contribution in [3.63, 3.8) is 0 Å². The van der Waals surface area contributed by atoms with E-state index in [0.717, 1.165) is 45.1 Å². The van der Waals surface area contributed by atoms with Crippen LogP contribution < -0.4 is 27.2 Å². The average molecular weight is 454 g/mol. The van der Waals surface area contributed by atoms with E-state index >= 15 is 0 Å². The Bertz CT molecular complexity index is 1290. The summed E-state index contributed by atoms with van der Waals surface area (Å²) in [6.45, 7) is 5.52. The van der Waals surface area contributed by atoms with Crippen molar-refractivity contribution in [3.8, 4) is 5.88 Å². The largest absolute Gasteiger partial charge is 0.493 e. The van der Waals surface area contributed by atoms with Gasteiger partial charge in [0, 0.05) is 17.3 Å². The van der Waals surface area contributed by atoms with Crippen molar-refractivity contribution in [2.45, 2.75) is 70.5 Å². The summed E-state index contributed by atoms with van der Waals surface area (Å²) in [5, 5.41) is 22.2. The van der Waals surface area contributed by atoms with Crippen LogP contribution in [-0.2, 0) is 0 Å². The highest BCUT2D eigenvalue weighted by atomic mass is 16.3. The number of aromatic hydroxyl groups is 1. The summed E-state index contributed by atoms with van der Waals surface area (Å²) in [6, 6.07) is 1.15. The molecule has 0 atom stereocenters. The Kier molecular flexibility index (Phi) is 5.88. The molecule has 11 nitrogen and oxygen atoms in total. The van der Waals surface area contributed by atoms with E-state index in [1.54, 1.807) is 16.8 Å². The second kappa shape index (κ2) is 8.97. The quantitative estimate of drug-likeness (QED) is 0.348. The van der Waals surface area contributed by atoms with Crippen molar-refractivity contribution in [2.75, 3.05) is 11.9 Å². The van der Waals surface area contributed by atoms with E-state index < -0.39 is 5.69 Å². The molecule has 0 unspecified atom stereocenters. The Labute approximate surface area is 190 Å². The Morgan fingerprint density at radius 3 is 2.61 bits per heavy atom. The van der Waals surface area contributed by atoms with Gasteiger partial charge in [0.1, 0.15) is 5.69 Å². The highest BCUT2D eigenvalue weighted by Crippen LogP contribution is 2.23. The van der Waals surface area contributed by atoms with Gasteiger partial charge < -0.3 is 20.7 Å². The minimum atomic E-state index is -0.477. The molecule has 33 heavy (non-hydrogen) atoms. The number of nitrogens with zero attached hydrogens (tertiary/aromatic N) is 5. The van der Waals surface area contributed by atoms with Gasteiger partial charge in [-0.15, -0.1) is 0 Å². The summed E-state index contributed by atoms with van der Waals surface area (Å²) >= 11 is 0. The molecule has 3 aromatic rings. The molecule has 11 heteroatoms. The number of imidazole rings is 1. The van der Waals surface area contributed by atoms with Crippen LogP contribution in [0.1, 0.15) is 58.1 Å². The van der Waals surface area contributed by atoms with Crippen molar-refractivity contribution >= 4 is 17.7 Å². The third-order valence-corrected chi connectivity index (χ3v) is 6.13. The summed E-state index contributed by atoms with van der Waals surface area (Å²) in [4.78, 5) is 30.5. The molecule has 0 amide bonds. The molecule has 2 aliphatic carbocycles. The summed E-state index contributed by atoms with van der Waals surface area (Å²) in [5.74, 6) is 0.960. The first-order valence-corrected chi connectivity index (χ1v) is 11.8. The van der Waals surface area contributed by atoms with Crippen LogP contribution in [-0.4, -0.2) is 59.3 Å². The maximum absolute atomic E-state index is 11.5. The number of fused-ring (bicyclic) bond motifs is 1. The molecule has 0 radical (unpaired) electrons. The number of nitrogens with one attached hydrogen (secondary N) is 4. The van der Waals surface area contributed by atoms with Crippen LogP contribution in [0.2, 0.25) is 0 Å². The first kappa shape index (κ1) is 21.6. The molecule has 2 aliphatic rings.